The van der Waals surface area contributed by atoms with Crippen LogP contribution in [-0.4, -0.2) is 243 Å². The molecule has 0 bridgehead atoms. The van der Waals surface area contributed by atoms with Crippen LogP contribution in [0.15, 0.2) is 29.1 Å². The molecule has 3 heterocycles. The van der Waals surface area contributed by atoms with Gasteiger partial charge in [-0.1, -0.05) is 37.6 Å². The number of imidazole rings is 1. The highest BCUT2D eigenvalue weighted by Crippen LogP contribution is 2.33. The van der Waals surface area contributed by atoms with E-state index >= 15 is 0 Å². The number of imide groups is 1. The molecule has 38 heteroatoms. The van der Waals surface area contributed by atoms with E-state index in [9.17, 15) is 72.2 Å². The Hall–Kier alpha value is -15.7. The van der Waals surface area contributed by atoms with Gasteiger partial charge in [0.15, 0.2) is 17.2 Å². The number of aromatic nitrogens is 4. The number of esters is 2. The maximum absolute atomic E-state index is 15.0. The molecule has 9 unspecified atom stereocenters. The Morgan fingerprint density at radius 2 is 1.01 bits per heavy atom. The van der Waals surface area contributed by atoms with Crippen LogP contribution in [0.1, 0.15) is 166 Å². The van der Waals surface area contributed by atoms with Crippen molar-refractivity contribution in [3.63, 3.8) is 0 Å². The number of hydrogen-bond acceptors (Lipinski definition) is 28. The molecule has 1 aliphatic heterocycles. The van der Waals surface area contributed by atoms with Crippen LogP contribution in [0.4, 0.5) is 11.8 Å². The number of H-pyrrole nitrogens is 1. The Balaban J connectivity index is 1.29. The van der Waals surface area contributed by atoms with Gasteiger partial charge in [0.1, 0.15) is 48.2 Å². The third-order valence-corrected chi connectivity index (χ3v) is 24.0. The number of aromatic amines is 1. The van der Waals surface area contributed by atoms with Gasteiger partial charge in [-0.25, -0.2) is 14.4 Å². The summed E-state index contributed by atoms with van der Waals surface area (Å²) in [5.41, 5.74) is 31.6. The number of ketones is 2. The number of amides is 9. The molecular weight excluding hydrogens is 1880 g/mol. The summed E-state index contributed by atoms with van der Waals surface area (Å²) in [7, 11) is 1.73. The fraction of sp³-hybridized carbons (Fsp3) is 0.472. The van der Waals surface area contributed by atoms with Crippen molar-refractivity contribution in [3.05, 3.63) is 45.9 Å². The Morgan fingerprint density at radius 3 is 1.50 bits per heavy atom. The molecule has 1 aromatic carbocycles. The number of likely N-dealkylation sites (N-methyl/N-ethyl adjacent to an activating group) is 1. The SMILES string of the molecule is C#CC#CC#CC#CC#CC#CC#CC#CC(=O)OCC(CSCC(N)C(=O)NC(CO)C(=O)NC(CCCCN)C(=O)NC(CCCCN)C(=O)NC(CCCCN)C(=O)NC(CCCCNC(=O)C1CCC(CN2C(=O)CC(SCC(=O)NCCCCC(NC)C(C)=O)C2=O)CC1)C(=O)Cc1ccc(Cn2c(=O)[nH]c3c(N)nc(NCCCC)nc32)cc1)OC(=O)C#CC#CC#CC#CC#CC#CC#CC#C. The lowest BCUT2D eigenvalue weighted by Crippen LogP contribution is -2.59. The van der Waals surface area contributed by atoms with Crippen LogP contribution < -0.4 is 82.2 Å². The third-order valence-electron chi connectivity index (χ3n) is 21.6. The van der Waals surface area contributed by atoms with Crippen molar-refractivity contribution in [2.75, 3.05) is 94.4 Å². The van der Waals surface area contributed by atoms with E-state index < -0.39 is 114 Å². The lowest BCUT2D eigenvalue weighted by molar-refractivity contribution is -0.150. The van der Waals surface area contributed by atoms with Crippen molar-refractivity contribution in [2.24, 2.45) is 34.8 Å². The van der Waals surface area contributed by atoms with Crippen molar-refractivity contribution in [3.8, 4) is 190 Å². The molecule has 5 rings (SSSR count). The zero-order valence-corrected chi connectivity index (χ0v) is 82.4. The minimum atomic E-state index is -1.72. The molecule has 2 aliphatic rings. The number of hydrogen-bond donors (Lipinski definition) is 16. The zero-order chi connectivity index (χ0) is 105. The predicted molar refractivity (Wildman–Crippen MR) is 549 cm³/mol. The fourth-order valence-electron chi connectivity index (χ4n) is 14.1. The van der Waals surface area contributed by atoms with Gasteiger partial charge in [-0.05, 0) is 345 Å². The number of terminal acetylenes is 2. The number of likely N-dealkylation sites (tertiary alicyclic amines) is 1. The van der Waals surface area contributed by atoms with Crippen LogP contribution >= 0.6 is 23.5 Å². The topological polar surface area (TPSA) is 566 Å². The summed E-state index contributed by atoms with van der Waals surface area (Å²) in [4.78, 5) is 204. The first kappa shape index (κ1) is 119. The second-order valence-electron chi connectivity index (χ2n) is 32.4. The van der Waals surface area contributed by atoms with E-state index in [0.717, 1.165) is 42.8 Å². The third kappa shape index (κ3) is 47.5. The molecule has 21 N–H and O–H groups in total. The van der Waals surface area contributed by atoms with E-state index in [1.165, 1.54) is 16.4 Å². The van der Waals surface area contributed by atoms with Crippen LogP contribution in [-0.2, 0) is 84.8 Å². The summed E-state index contributed by atoms with van der Waals surface area (Å²) in [6.45, 7) is 4.05. The summed E-state index contributed by atoms with van der Waals surface area (Å²) in [5.74, 6) is 62.0. The highest BCUT2D eigenvalue weighted by molar-refractivity contribution is 8.01. The van der Waals surface area contributed by atoms with E-state index in [-0.39, 0.29) is 178 Å². The molecule has 0 spiro atoms. The van der Waals surface area contributed by atoms with Crippen molar-refractivity contribution >= 4 is 123 Å². The maximum atomic E-state index is 15.0. The lowest BCUT2D eigenvalue weighted by Gasteiger charge is -2.30. The predicted octanol–water partition coefficient (Wildman–Crippen LogP) is -0.876. The van der Waals surface area contributed by atoms with Crippen molar-refractivity contribution in [2.45, 2.75) is 222 Å². The molecule has 1 saturated carbocycles. The number of carbonyl (C=O) groups excluding carboxylic acids is 13. The molecule has 1 aliphatic carbocycles. The number of rotatable bonds is 57. The number of nitrogens with zero attached hydrogens (tertiary/aromatic N) is 4. The number of fused-ring (bicyclic) bond motifs is 1. The second kappa shape index (κ2) is 70.8. The normalized spacial score (nSPS) is 14.2. The first-order valence-electron chi connectivity index (χ1n) is 46.9. The molecule has 9 atom stereocenters. The maximum Gasteiger partial charge on any atom is 0.385 e. The number of nitrogens with one attached hydrogen (secondary N) is 10. The summed E-state index contributed by atoms with van der Waals surface area (Å²) >= 11 is 2.07. The Labute approximate surface area is 849 Å². The Kier molecular flexibility index (Phi) is 58.4. The quantitative estimate of drug-likeness (QED) is 0.0107. The van der Waals surface area contributed by atoms with E-state index in [2.05, 4.69) is 240 Å². The molecule has 36 nitrogen and oxygen atoms in total. The molecule has 752 valence electrons. The van der Waals surface area contributed by atoms with Crippen LogP contribution in [0.25, 0.3) is 11.2 Å². The zero-order valence-electron chi connectivity index (χ0n) is 80.7. The number of aliphatic hydroxyl groups excluding tert-OH is 1. The first-order chi connectivity index (χ1) is 69.7. The fourth-order valence-corrected chi connectivity index (χ4v) is 16.0. The number of aliphatic hydroxyl groups is 1. The summed E-state index contributed by atoms with van der Waals surface area (Å²) < 4.78 is 12.1. The molecule has 9 amide bonds. The number of Topliss-reactive ketones (excluding diaryl/α,β-unsaturated/α-hetero) is 2. The molecule has 2 fully saturated rings. The molecule has 144 heavy (non-hydrogen) atoms. The van der Waals surface area contributed by atoms with Gasteiger partial charge in [-0.3, -0.25) is 62.2 Å². The average Bonchev–Trinajstić information content (AvgIpc) is 1.62. The number of carbonyl (C=O) groups is 13. The number of thioether (sulfide) groups is 2. The van der Waals surface area contributed by atoms with E-state index in [1.54, 1.807) is 31.3 Å². The van der Waals surface area contributed by atoms with Gasteiger partial charge in [-0.2, -0.15) is 21.7 Å². The number of nitrogens with two attached hydrogens (primary N) is 5. The summed E-state index contributed by atoms with van der Waals surface area (Å²) in [6.07, 6.45) is 17.3. The minimum absolute atomic E-state index is 0.00675. The van der Waals surface area contributed by atoms with Crippen molar-refractivity contribution < 1.29 is 76.9 Å². The number of anilines is 2. The molecular formula is C106H119N19O17S2. The van der Waals surface area contributed by atoms with Gasteiger partial charge in [0.05, 0.1) is 42.3 Å². The Bertz CT molecular complexity index is 6160. The standard InChI is InChI=1S/C106H119N19O17S2/c1-6-9-12-14-16-18-20-22-24-26-28-30-32-34-51-93(131)141-72-81(142-94(132)52-35-33-31-29-27-25-23-21-19-17-15-13-10-7-2)73-143-74-82(110)99(134)120-88(71-126)103(138)119-87(50-38-43-63-109)102(137)118-86(49-37-42-62-108)101(136)117-85(48-36-41-61-107)100(135)116-84(89(128)67-77-53-55-78(56-54-77)70-125-97-95(121-106(125)140)96(111)122-105(123-97)115-64-11-8-3)47-40-45-66-114-98(133)80-59-57-79(58-60-80)69-124-92(130)68-90(104(124)139)144-75-91(129)113-65-44-39-46-83(112-5)76(4)127/h1-2,53-56,79-88,90,112,126H,8,11,36-50,57-75,107-110H2,3-5H3,(H,113,129)(H,114,133)(H,116,135)(H,117,136)(H,118,137)(H,119,138)(H,120,134)(H,121,140)(H3,111,115,122,123). The number of nitrogen functional groups attached to an aromatic ring is 1. The number of ether oxygens (including phenoxy) is 2. The van der Waals surface area contributed by atoms with E-state index in [0.29, 0.717) is 101 Å². The second-order valence-corrected chi connectivity index (χ2v) is 34.7. The van der Waals surface area contributed by atoms with Crippen LogP contribution in [0.5, 0.6) is 0 Å². The van der Waals surface area contributed by atoms with Crippen LogP contribution in [0.3, 0.4) is 0 Å². The highest BCUT2D eigenvalue weighted by atomic mass is 32.2. The van der Waals surface area contributed by atoms with Gasteiger partial charge in [0.25, 0.3) is 0 Å². The van der Waals surface area contributed by atoms with Gasteiger partial charge in [-0.15, -0.1) is 24.6 Å². The summed E-state index contributed by atoms with van der Waals surface area (Å²) in [5, 5.41) is 35.4. The molecule has 2 aromatic heterocycles. The van der Waals surface area contributed by atoms with Gasteiger partial charge >= 0.3 is 17.6 Å². The van der Waals surface area contributed by atoms with Crippen molar-refractivity contribution in [1.29, 1.82) is 0 Å². The average molecular weight is 2000 g/mol. The molecule has 0 radical (unpaired) electrons. The lowest BCUT2D eigenvalue weighted by atomic mass is 9.81. The van der Waals surface area contributed by atoms with E-state index in [4.69, 9.17) is 51.0 Å². The number of unbranched alkanes of at least 4 members (excludes halogenated alkanes) is 6. The monoisotopic (exact) mass is 1990 g/mol. The first-order valence-corrected chi connectivity index (χ1v) is 49.1. The van der Waals surface area contributed by atoms with Crippen LogP contribution in [0, 0.1) is 202 Å². The van der Waals surface area contributed by atoms with E-state index in [1.807, 2.05) is 6.92 Å². The van der Waals surface area contributed by atoms with Gasteiger partial charge in [0, 0.05) is 68.3 Å². The van der Waals surface area contributed by atoms with Crippen LogP contribution in [0.2, 0.25) is 0 Å². The smallest absolute Gasteiger partial charge is 0.385 e. The van der Waals surface area contributed by atoms with Gasteiger partial charge < -0.3 is 96.1 Å². The van der Waals surface area contributed by atoms with Gasteiger partial charge in [0.2, 0.25) is 59.1 Å². The minimum Gasteiger partial charge on any atom is -0.452 e. The Morgan fingerprint density at radius 1 is 0.549 bits per heavy atom. The molecule has 1 saturated heterocycles. The number of benzene rings is 1. The largest absolute Gasteiger partial charge is 0.452 e. The molecule has 3 aromatic rings. The van der Waals surface area contributed by atoms with Crippen molar-refractivity contribution in [1.82, 2.24) is 67.0 Å². The summed E-state index contributed by atoms with van der Waals surface area (Å²) in [6, 6.07) is -1.73. The highest BCUT2D eigenvalue weighted by Gasteiger charge is 2.42.